The Labute approximate surface area is 148 Å². The lowest BCUT2D eigenvalue weighted by molar-refractivity contribution is -0.384. The minimum Gasteiger partial charge on any atom is -0.452 e. The van der Waals surface area contributed by atoms with Crippen molar-refractivity contribution in [3.05, 3.63) is 62.6 Å². The highest BCUT2D eigenvalue weighted by Crippen LogP contribution is 2.29. The first-order valence-corrected chi connectivity index (χ1v) is 7.95. The van der Waals surface area contributed by atoms with E-state index in [1.807, 2.05) is 0 Å². The van der Waals surface area contributed by atoms with Crippen molar-refractivity contribution < 1.29 is 19.2 Å². The predicted octanol–water partition coefficient (Wildman–Crippen LogP) is 1.69. The van der Waals surface area contributed by atoms with Gasteiger partial charge in [0.1, 0.15) is 5.56 Å². The SMILES string of the molecule is O=C(COC(=O)c1ccc[nH]c1=O)Nc1nc2ccc([N+](=O)[O-])cc2s1. The summed E-state index contributed by atoms with van der Waals surface area (Å²) < 4.78 is 5.31. The van der Waals surface area contributed by atoms with E-state index in [-0.39, 0.29) is 16.4 Å². The third-order valence-electron chi connectivity index (χ3n) is 3.20. The van der Waals surface area contributed by atoms with Crippen molar-refractivity contribution in [2.45, 2.75) is 0 Å². The van der Waals surface area contributed by atoms with Gasteiger partial charge in [-0.3, -0.25) is 25.0 Å². The maximum atomic E-state index is 11.9. The van der Waals surface area contributed by atoms with Gasteiger partial charge in [-0.25, -0.2) is 9.78 Å². The van der Waals surface area contributed by atoms with Crippen LogP contribution in [0.4, 0.5) is 10.8 Å². The zero-order valence-corrected chi connectivity index (χ0v) is 13.7. The van der Waals surface area contributed by atoms with Crippen molar-refractivity contribution in [1.29, 1.82) is 0 Å². The molecule has 2 aromatic heterocycles. The van der Waals surface area contributed by atoms with E-state index in [0.29, 0.717) is 10.2 Å². The first-order chi connectivity index (χ1) is 12.4. The molecule has 0 unspecified atom stereocenters. The molecular weight excluding hydrogens is 364 g/mol. The van der Waals surface area contributed by atoms with Gasteiger partial charge < -0.3 is 9.72 Å². The smallest absolute Gasteiger partial charge is 0.344 e. The summed E-state index contributed by atoms with van der Waals surface area (Å²) in [5.74, 6) is -1.58. The molecule has 132 valence electrons. The molecule has 3 aromatic rings. The van der Waals surface area contributed by atoms with E-state index in [0.717, 1.165) is 11.3 Å². The molecule has 0 saturated heterocycles. The molecule has 10 nitrogen and oxygen atoms in total. The lowest BCUT2D eigenvalue weighted by Gasteiger charge is -2.03. The fraction of sp³-hybridized carbons (Fsp3) is 0.0667. The molecule has 0 bridgehead atoms. The number of hydrogen-bond acceptors (Lipinski definition) is 8. The third kappa shape index (κ3) is 3.72. The molecule has 0 spiro atoms. The van der Waals surface area contributed by atoms with Crippen LogP contribution in [-0.2, 0) is 9.53 Å². The van der Waals surface area contributed by atoms with Gasteiger partial charge in [0.25, 0.3) is 17.2 Å². The largest absolute Gasteiger partial charge is 0.452 e. The van der Waals surface area contributed by atoms with Crippen molar-refractivity contribution in [3.63, 3.8) is 0 Å². The molecule has 0 aliphatic rings. The lowest BCUT2D eigenvalue weighted by Crippen LogP contribution is -2.24. The highest BCUT2D eigenvalue weighted by atomic mass is 32.1. The summed E-state index contributed by atoms with van der Waals surface area (Å²) >= 11 is 1.05. The summed E-state index contributed by atoms with van der Waals surface area (Å²) in [6.07, 6.45) is 1.36. The van der Waals surface area contributed by atoms with Crippen molar-refractivity contribution in [3.8, 4) is 0 Å². The quantitative estimate of drug-likeness (QED) is 0.393. The van der Waals surface area contributed by atoms with Gasteiger partial charge in [0.2, 0.25) is 0 Å². The number of aromatic nitrogens is 2. The first-order valence-electron chi connectivity index (χ1n) is 7.13. The van der Waals surface area contributed by atoms with Gasteiger partial charge in [0, 0.05) is 18.3 Å². The molecule has 26 heavy (non-hydrogen) atoms. The first kappa shape index (κ1) is 17.2. The number of aromatic amines is 1. The van der Waals surface area contributed by atoms with Crippen molar-refractivity contribution in [2.75, 3.05) is 11.9 Å². The highest BCUT2D eigenvalue weighted by molar-refractivity contribution is 7.22. The maximum absolute atomic E-state index is 11.9. The van der Waals surface area contributed by atoms with Crippen LogP contribution in [0, 0.1) is 10.1 Å². The second kappa shape index (κ2) is 7.11. The lowest BCUT2D eigenvalue weighted by atomic mass is 10.3. The van der Waals surface area contributed by atoms with E-state index in [1.54, 1.807) is 0 Å². The Morgan fingerprint density at radius 1 is 1.35 bits per heavy atom. The summed E-state index contributed by atoms with van der Waals surface area (Å²) in [6, 6.07) is 6.87. The zero-order chi connectivity index (χ0) is 18.7. The molecule has 1 aromatic carbocycles. The minimum absolute atomic E-state index is 0.0824. The number of anilines is 1. The molecule has 2 N–H and O–H groups in total. The van der Waals surface area contributed by atoms with Crippen LogP contribution in [0.3, 0.4) is 0 Å². The molecule has 0 aliphatic heterocycles. The number of esters is 1. The number of amides is 1. The number of nitro benzene ring substituents is 1. The molecule has 2 heterocycles. The summed E-state index contributed by atoms with van der Waals surface area (Å²) in [6.45, 7) is -0.608. The topological polar surface area (TPSA) is 144 Å². The van der Waals surface area contributed by atoms with Crippen molar-refractivity contribution in [1.82, 2.24) is 9.97 Å². The number of benzene rings is 1. The third-order valence-corrected chi connectivity index (χ3v) is 4.14. The normalized spacial score (nSPS) is 10.5. The number of ether oxygens (including phenoxy) is 1. The number of fused-ring (bicyclic) bond motifs is 1. The van der Waals surface area contributed by atoms with Crippen LogP contribution in [0.1, 0.15) is 10.4 Å². The van der Waals surface area contributed by atoms with E-state index < -0.39 is 29.0 Å². The predicted molar refractivity (Wildman–Crippen MR) is 92.2 cm³/mol. The Morgan fingerprint density at radius 2 is 2.15 bits per heavy atom. The molecule has 0 atom stereocenters. The van der Waals surface area contributed by atoms with E-state index >= 15 is 0 Å². The number of pyridine rings is 1. The molecule has 0 fully saturated rings. The Hall–Kier alpha value is -3.60. The number of hydrogen-bond donors (Lipinski definition) is 2. The monoisotopic (exact) mass is 374 g/mol. The Morgan fingerprint density at radius 3 is 2.88 bits per heavy atom. The summed E-state index contributed by atoms with van der Waals surface area (Å²) in [7, 11) is 0. The average molecular weight is 374 g/mol. The minimum atomic E-state index is -0.929. The maximum Gasteiger partial charge on any atom is 0.344 e. The number of H-pyrrole nitrogens is 1. The van der Waals surface area contributed by atoms with E-state index in [1.165, 1.54) is 36.5 Å². The number of nitrogens with one attached hydrogen (secondary N) is 2. The van der Waals surface area contributed by atoms with E-state index in [2.05, 4.69) is 15.3 Å². The second-order valence-electron chi connectivity index (χ2n) is 4.97. The zero-order valence-electron chi connectivity index (χ0n) is 12.9. The van der Waals surface area contributed by atoms with Crippen LogP contribution in [-0.4, -0.2) is 33.4 Å². The van der Waals surface area contributed by atoms with Gasteiger partial charge in [-0.05, 0) is 18.2 Å². The number of carbonyl (C=O) groups is 2. The number of carbonyl (C=O) groups excluding carboxylic acids is 2. The van der Waals surface area contributed by atoms with Gasteiger partial charge in [-0.2, -0.15) is 0 Å². The van der Waals surface area contributed by atoms with Gasteiger partial charge in [-0.1, -0.05) is 11.3 Å². The van der Waals surface area contributed by atoms with Gasteiger partial charge >= 0.3 is 5.97 Å². The highest BCUT2D eigenvalue weighted by Gasteiger charge is 2.15. The standard InChI is InChI=1S/C15H10N4O6S/c20-12(7-25-14(22)9-2-1-5-16-13(9)21)18-15-17-10-4-3-8(19(23)24)6-11(10)26-15/h1-6H,7H2,(H,16,21)(H,17,18,20). The number of nitro groups is 1. The molecule has 3 rings (SSSR count). The number of non-ortho nitro benzene ring substituents is 1. The Bertz CT molecular complexity index is 1070. The summed E-state index contributed by atoms with van der Waals surface area (Å²) in [5.41, 5.74) is -0.428. The molecule has 0 radical (unpaired) electrons. The molecular formula is C15H10N4O6S. The van der Waals surface area contributed by atoms with Crippen LogP contribution in [0.25, 0.3) is 10.2 Å². The second-order valence-corrected chi connectivity index (χ2v) is 6.00. The molecule has 1 amide bonds. The Balaban J connectivity index is 1.64. The Kier molecular flexibility index (Phi) is 4.71. The van der Waals surface area contributed by atoms with Crippen molar-refractivity contribution >= 4 is 44.2 Å². The number of nitrogens with zero attached hydrogens (tertiary/aromatic N) is 2. The van der Waals surface area contributed by atoms with Gasteiger partial charge in [0.05, 0.1) is 15.1 Å². The van der Waals surface area contributed by atoms with Crippen LogP contribution in [0.15, 0.2) is 41.3 Å². The van der Waals surface area contributed by atoms with Crippen LogP contribution in [0.2, 0.25) is 0 Å². The molecule has 11 heteroatoms. The number of rotatable bonds is 5. The number of thiazole rings is 1. The van der Waals surface area contributed by atoms with Crippen LogP contribution >= 0.6 is 11.3 Å². The van der Waals surface area contributed by atoms with Crippen LogP contribution in [0.5, 0.6) is 0 Å². The van der Waals surface area contributed by atoms with Crippen LogP contribution < -0.4 is 10.9 Å². The van der Waals surface area contributed by atoms with Gasteiger partial charge in [0.15, 0.2) is 11.7 Å². The summed E-state index contributed by atoms with van der Waals surface area (Å²) in [4.78, 5) is 51.8. The van der Waals surface area contributed by atoms with Crippen molar-refractivity contribution in [2.24, 2.45) is 0 Å². The molecule has 0 aliphatic carbocycles. The van der Waals surface area contributed by atoms with E-state index in [4.69, 9.17) is 4.74 Å². The fourth-order valence-corrected chi connectivity index (χ4v) is 2.94. The molecule has 0 saturated carbocycles. The summed E-state index contributed by atoms with van der Waals surface area (Å²) in [5, 5.41) is 13.4. The van der Waals surface area contributed by atoms with E-state index in [9.17, 15) is 24.5 Å². The van der Waals surface area contributed by atoms with Gasteiger partial charge in [-0.15, -0.1) is 0 Å². The fourth-order valence-electron chi connectivity index (χ4n) is 2.03. The average Bonchev–Trinajstić information content (AvgIpc) is 3.01.